The van der Waals surface area contributed by atoms with Crippen molar-refractivity contribution >= 4 is 11.8 Å². The molecule has 2 nitrogen and oxygen atoms in total. The maximum atomic E-state index is 3.83. The second kappa shape index (κ2) is 6.62. The van der Waals surface area contributed by atoms with Crippen molar-refractivity contribution in [2.45, 2.75) is 44.6 Å². The summed E-state index contributed by atoms with van der Waals surface area (Å²) in [6.07, 6.45) is 8.95. The summed E-state index contributed by atoms with van der Waals surface area (Å²) < 4.78 is 0. The lowest BCUT2D eigenvalue weighted by Crippen LogP contribution is -2.42. The Hall–Kier alpha value is 0.270. The average Bonchev–Trinajstić information content (AvgIpc) is 3.25. The van der Waals surface area contributed by atoms with Crippen LogP contribution in [0.25, 0.3) is 0 Å². The first-order valence-corrected chi connectivity index (χ1v) is 9.11. The molecular formula is C15H28N2S. The first-order valence-electron chi connectivity index (χ1n) is 7.95. The summed E-state index contributed by atoms with van der Waals surface area (Å²) >= 11 is 2.11. The molecule has 2 atom stereocenters. The summed E-state index contributed by atoms with van der Waals surface area (Å²) in [4.78, 5) is 2.63. The van der Waals surface area contributed by atoms with Crippen molar-refractivity contribution in [3.8, 4) is 0 Å². The maximum Gasteiger partial charge on any atom is 0.0108 e. The Morgan fingerprint density at radius 1 is 1.00 bits per heavy atom. The molecule has 0 spiro atoms. The molecule has 0 radical (unpaired) electrons. The minimum absolute atomic E-state index is 0.837. The first-order chi connectivity index (χ1) is 8.92. The highest BCUT2D eigenvalue weighted by Gasteiger charge is 2.34. The summed E-state index contributed by atoms with van der Waals surface area (Å²) in [7, 11) is 0. The van der Waals surface area contributed by atoms with Gasteiger partial charge >= 0.3 is 0 Å². The van der Waals surface area contributed by atoms with Gasteiger partial charge in [-0.3, -0.25) is 0 Å². The van der Waals surface area contributed by atoms with Crippen molar-refractivity contribution in [1.29, 1.82) is 0 Å². The highest BCUT2D eigenvalue weighted by molar-refractivity contribution is 7.99. The van der Waals surface area contributed by atoms with Gasteiger partial charge in [-0.05, 0) is 37.5 Å². The molecule has 18 heavy (non-hydrogen) atoms. The molecule has 1 N–H and O–H groups in total. The quantitative estimate of drug-likeness (QED) is 0.825. The van der Waals surface area contributed by atoms with Crippen LogP contribution in [0.5, 0.6) is 0 Å². The van der Waals surface area contributed by atoms with Crippen LogP contribution in [-0.2, 0) is 0 Å². The van der Waals surface area contributed by atoms with Crippen molar-refractivity contribution in [3.05, 3.63) is 0 Å². The van der Waals surface area contributed by atoms with Crippen molar-refractivity contribution in [2.24, 2.45) is 11.8 Å². The van der Waals surface area contributed by atoms with Gasteiger partial charge in [0.05, 0.1) is 0 Å². The van der Waals surface area contributed by atoms with E-state index in [9.17, 15) is 0 Å². The average molecular weight is 268 g/mol. The fourth-order valence-corrected chi connectivity index (χ4v) is 4.64. The smallest absolute Gasteiger partial charge is 0.0108 e. The predicted octanol–water partition coefficient (Wildman–Crippen LogP) is 2.59. The minimum atomic E-state index is 0.837. The lowest BCUT2D eigenvalue weighted by Gasteiger charge is -2.31. The van der Waals surface area contributed by atoms with E-state index in [0.717, 1.165) is 17.9 Å². The number of hydrogen-bond donors (Lipinski definition) is 1. The van der Waals surface area contributed by atoms with Crippen molar-refractivity contribution < 1.29 is 0 Å². The third kappa shape index (κ3) is 3.88. The third-order valence-corrected chi connectivity index (χ3v) is 5.91. The second-order valence-corrected chi connectivity index (χ2v) is 7.59. The van der Waals surface area contributed by atoms with E-state index in [1.165, 1.54) is 76.2 Å². The van der Waals surface area contributed by atoms with Crippen LogP contribution in [-0.4, -0.2) is 48.6 Å². The molecule has 1 saturated heterocycles. The van der Waals surface area contributed by atoms with Crippen LogP contribution in [0.4, 0.5) is 0 Å². The van der Waals surface area contributed by atoms with E-state index < -0.39 is 0 Å². The van der Waals surface area contributed by atoms with Crippen LogP contribution in [0, 0.1) is 11.8 Å². The van der Waals surface area contributed by atoms with Crippen LogP contribution >= 0.6 is 11.8 Å². The number of nitrogens with zero attached hydrogens (tertiary/aromatic N) is 1. The summed E-state index contributed by atoms with van der Waals surface area (Å²) in [5.74, 6) is 4.87. The zero-order valence-corrected chi connectivity index (χ0v) is 12.4. The van der Waals surface area contributed by atoms with E-state index in [2.05, 4.69) is 22.0 Å². The van der Waals surface area contributed by atoms with Gasteiger partial charge < -0.3 is 10.2 Å². The topological polar surface area (TPSA) is 15.3 Å². The van der Waals surface area contributed by atoms with Gasteiger partial charge in [0.2, 0.25) is 0 Å². The van der Waals surface area contributed by atoms with Crippen LogP contribution in [0.2, 0.25) is 0 Å². The summed E-state index contributed by atoms with van der Waals surface area (Å²) in [6, 6.07) is 0.837. The van der Waals surface area contributed by atoms with Crippen LogP contribution in [0.1, 0.15) is 38.5 Å². The Balaban J connectivity index is 1.32. The molecule has 3 rings (SSSR count). The molecule has 2 saturated carbocycles. The number of hydrogen-bond acceptors (Lipinski definition) is 3. The van der Waals surface area contributed by atoms with Gasteiger partial charge in [-0.2, -0.15) is 11.8 Å². The normalized spacial score (nSPS) is 34.7. The van der Waals surface area contributed by atoms with Crippen LogP contribution in [0.15, 0.2) is 0 Å². The fourth-order valence-electron chi connectivity index (χ4n) is 3.66. The Morgan fingerprint density at radius 3 is 2.61 bits per heavy atom. The number of nitrogens with one attached hydrogen (secondary N) is 1. The SMILES string of the molecule is C1CC(NCCN2CCSCC2)CC(C2CC2)C1. The maximum absolute atomic E-state index is 3.83. The van der Waals surface area contributed by atoms with E-state index in [0.29, 0.717) is 0 Å². The fraction of sp³-hybridized carbons (Fsp3) is 1.00. The molecular weight excluding hydrogens is 240 g/mol. The zero-order valence-electron chi connectivity index (χ0n) is 11.6. The molecule has 3 aliphatic rings. The standard InChI is InChI=1S/C15H28N2S/c1-2-14(13-4-5-13)12-15(3-1)16-6-7-17-8-10-18-11-9-17/h13-16H,1-12H2. The highest BCUT2D eigenvalue weighted by Crippen LogP contribution is 2.43. The second-order valence-electron chi connectivity index (χ2n) is 6.37. The van der Waals surface area contributed by atoms with E-state index in [1.54, 1.807) is 0 Å². The molecule has 1 heterocycles. The molecule has 104 valence electrons. The molecule has 0 bridgehead atoms. The van der Waals surface area contributed by atoms with E-state index in [1.807, 2.05) is 0 Å². The molecule has 1 aliphatic heterocycles. The molecule has 3 heteroatoms. The Bertz CT molecular complexity index is 249. The van der Waals surface area contributed by atoms with Gasteiger partial charge in [-0.25, -0.2) is 0 Å². The lowest BCUT2D eigenvalue weighted by molar-refractivity contribution is 0.244. The predicted molar refractivity (Wildman–Crippen MR) is 80.2 cm³/mol. The molecule has 0 aromatic carbocycles. The van der Waals surface area contributed by atoms with Crippen LogP contribution in [0.3, 0.4) is 0 Å². The molecule has 0 amide bonds. The van der Waals surface area contributed by atoms with Gasteiger partial charge in [0.1, 0.15) is 0 Å². The molecule has 0 aromatic heterocycles. The van der Waals surface area contributed by atoms with E-state index >= 15 is 0 Å². The summed E-state index contributed by atoms with van der Waals surface area (Å²) in [5, 5.41) is 3.83. The Kier molecular flexibility index (Phi) is 4.88. The first kappa shape index (κ1) is 13.3. The van der Waals surface area contributed by atoms with Gasteiger partial charge in [0.15, 0.2) is 0 Å². The monoisotopic (exact) mass is 268 g/mol. The third-order valence-electron chi connectivity index (χ3n) is 4.97. The van der Waals surface area contributed by atoms with Crippen molar-refractivity contribution in [3.63, 3.8) is 0 Å². The van der Waals surface area contributed by atoms with E-state index in [4.69, 9.17) is 0 Å². The van der Waals surface area contributed by atoms with Gasteiger partial charge in [-0.1, -0.05) is 12.8 Å². The van der Waals surface area contributed by atoms with Crippen molar-refractivity contribution in [2.75, 3.05) is 37.7 Å². The van der Waals surface area contributed by atoms with Crippen molar-refractivity contribution in [1.82, 2.24) is 10.2 Å². The van der Waals surface area contributed by atoms with Gasteiger partial charge in [-0.15, -0.1) is 0 Å². The number of thioether (sulfide) groups is 1. The summed E-state index contributed by atoms with van der Waals surface area (Å²) in [6.45, 7) is 5.10. The zero-order chi connectivity index (χ0) is 12.2. The van der Waals surface area contributed by atoms with Gasteiger partial charge in [0, 0.05) is 43.7 Å². The minimum Gasteiger partial charge on any atom is -0.313 e. The molecule has 3 fully saturated rings. The van der Waals surface area contributed by atoms with Crippen LogP contribution < -0.4 is 5.32 Å². The highest BCUT2D eigenvalue weighted by atomic mass is 32.2. The lowest BCUT2D eigenvalue weighted by atomic mass is 9.83. The summed E-state index contributed by atoms with van der Waals surface area (Å²) in [5.41, 5.74) is 0. The largest absolute Gasteiger partial charge is 0.313 e. The van der Waals surface area contributed by atoms with E-state index in [-0.39, 0.29) is 0 Å². The Labute approximate surface area is 116 Å². The molecule has 0 aromatic rings. The van der Waals surface area contributed by atoms with Gasteiger partial charge in [0.25, 0.3) is 0 Å². The Morgan fingerprint density at radius 2 is 1.83 bits per heavy atom. The number of rotatable bonds is 5. The molecule has 2 unspecified atom stereocenters. The molecule has 2 aliphatic carbocycles.